The molecule has 114 valence electrons. The molecule has 0 atom stereocenters. The number of hydrogen-bond acceptors (Lipinski definition) is 4. The summed E-state index contributed by atoms with van der Waals surface area (Å²) in [6, 6.07) is 7.00. The van der Waals surface area contributed by atoms with Crippen LogP contribution in [0.5, 0.6) is 5.75 Å². The van der Waals surface area contributed by atoms with Gasteiger partial charge in [-0.3, -0.25) is 9.59 Å². The van der Waals surface area contributed by atoms with Crippen molar-refractivity contribution in [2.45, 2.75) is 19.3 Å². The highest BCUT2D eigenvalue weighted by atomic mass is 16.5. The maximum Gasteiger partial charge on any atom is 0.260 e. The Hall–Kier alpha value is -2.08. The van der Waals surface area contributed by atoms with Crippen LogP contribution in [-0.2, 0) is 9.59 Å². The highest BCUT2D eigenvalue weighted by Crippen LogP contribution is 2.18. The van der Waals surface area contributed by atoms with E-state index in [-0.39, 0.29) is 24.8 Å². The van der Waals surface area contributed by atoms with Crippen molar-refractivity contribution in [1.29, 1.82) is 0 Å². The normalized spacial score (nSPS) is 14.0. The third kappa shape index (κ3) is 4.75. The lowest BCUT2D eigenvalue weighted by molar-refractivity contribution is -0.132. The van der Waals surface area contributed by atoms with Crippen LogP contribution in [0.25, 0.3) is 0 Å². The summed E-state index contributed by atoms with van der Waals surface area (Å²) in [7, 11) is 0. The minimum Gasteiger partial charge on any atom is -0.484 e. The molecule has 1 heterocycles. The van der Waals surface area contributed by atoms with Crippen LogP contribution in [0.15, 0.2) is 24.3 Å². The number of nitrogens with two attached hydrogens (primary N) is 1. The second-order valence-corrected chi connectivity index (χ2v) is 4.99. The average molecular weight is 291 g/mol. The fourth-order valence-corrected chi connectivity index (χ4v) is 2.22. The second kappa shape index (κ2) is 7.64. The van der Waals surface area contributed by atoms with E-state index < -0.39 is 0 Å². The number of anilines is 1. The molecule has 6 heteroatoms. The minimum absolute atomic E-state index is 0.00469. The molecule has 0 radical (unpaired) electrons. The van der Waals surface area contributed by atoms with Crippen LogP contribution in [-0.4, -0.2) is 43.0 Å². The Morgan fingerprint density at radius 2 is 2.05 bits per heavy atom. The Balaban J connectivity index is 1.85. The lowest BCUT2D eigenvalue weighted by Crippen LogP contribution is -2.32. The number of carbonyl (C=O) groups excluding carboxylic acids is 2. The van der Waals surface area contributed by atoms with Crippen molar-refractivity contribution in [3.8, 4) is 5.75 Å². The first-order valence-electron chi connectivity index (χ1n) is 7.19. The van der Waals surface area contributed by atoms with Crippen LogP contribution >= 0.6 is 0 Å². The molecule has 2 amide bonds. The zero-order valence-corrected chi connectivity index (χ0v) is 12.0. The summed E-state index contributed by atoms with van der Waals surface area (Å²) in [6.45, 7) is 1.97. The predicted octanol–water partition coefficient (Wildman–Crippen LogP) is 0.975. The van der Waals surface area contributed by atoms with E-state index in [9.17, 15) is 9.59 Å². The first-order chi connectivity index (χ1) is 10.2. The highest BCUT2D eigenvalue weighted by molar-refractivity contribution is 5.91. The summed E-state index contributed by atoms with van der Waals surface area (Å²) in [6.07, 6.45) is 2.40. The molecule has 0 aliphatic carbocycles. The molecule has 1 aromatic carbocycles. The number of nitrogens with one attached hydrogen (secondary N) is 1. The fraction of sp³-hybridized carbons (Fsp3) is 0.467. The molecule has 3 N–H and O–H groups in total. The van der Waals surface area contributed by atoms with E-state index in [4.69, 9.17) is 10.5 Å². The summed E-state index contributed by atoms with van der Waals surface area (Å²) >= 11 is 0. The molecule has 1 fully saturated rings. The van der Waals surface area contributed by atoms with Gasteiger partial charge < -0.3 is 20.7 Å². The van der Waals surface area contributed by atoms with Crippen LogP contribution in [0.4, 0.5) is 5.69 Å². The number of hydrogen-bond donors (Lipinski definition) is 2. The van der Waals surface area contributed by atoms with E-state index in [0.29, 0.717) is 18.0 Å². The molecule has 6 nitrogen and oxygen atoms in total. The quantitative estimate of drug-likeness (QED) is 0.818. The van der Waals surface area contributed by atoms with Crippen molar-refractivity contribution in [1.82, 2.24) is 4.90 Å². The lowest BCUT2D eigenvalue weighted by atomic mass is 10.3. The maximum atomic E-state index is 11.9. The molecule has 1 aliphatic rings. The fourth-order valence-electron chi connectivity index (χ4n) is 2.22. The van der Waals surface area contributed by atoms with Gasteiger partial charge >= 0.3 is 0 Å². The zero-order chi connectivity index (χ0) is 15.1. The van der Waals surface area contributed by atoms with Crippen molar-refractivity contribution in [2.24, 2.45) is 5.73 Å². The largest absolute Gasteiger partial charge is 0.484 e. The van der Waals surface area contributed by atoms with Crippen molar-refractivity contribution < 1.29 is 14.3 Å². The molecule has 2 rings (SSSR count). The molecule has 1 aliphatic heterocycles. The summed E-state index contributed by atoms with van der Waals surface area (Å²) in [5, 5.41) is 2.73. The highest BCUT2D eigenvalue weighted by Gasteiger charge is 2.18. The van der Waals surface area contributed by atoms with Crippen LogP contribution in [0.1, 0.15) is 19.3 Å². The summed E-state index contributed by atoms with van der Waals surface area (Å²) in [4.78, 5) is 25.2. The lowest BCUT2D eigenvalue weighted by Gasteiger charge is -2.15. The number of nitrogens with zero attached hydrogens (tertiary/aromatic N) is 1. The minimum atomic E-state index is -0.136. The van der Waals surface area contributed by atoms with Crippen molar-refractivity contribution in [2.75, 3.05) is 31.6 Å². The third-order valence-electron chi connectivity index (χ3n) is 3.31. The molecular weight excluding hydrogens is 270 g/mol. The van der Waals surface area contributed by atoms with Gasteiger partial charge in [-0.05, 0) is 25.0 Å². The van der Waals surface area contributed by atoms with E-state index in [2.05, 4.69) is 5.32 Å². The molecule has 1 aromatic rings. The van der Waals surface area contributed by atoms with E-state index >= 15 is 0 Å². The zero-order valence-electron chi connectivity index (χ0n) is 12.0. The Morgan fingerprint density at radius 3 is 2.76 bits per heavy atom. The van der Waals surface area contributed by atoms with Crippen molar-refractivity contribution >= 4 is 17.5 Å². The SMILES string of the molecule is NCCC(=O)Nc1cccc(OCC(=O)N2CCCC2)c1. The standard InChI is InChI=1S/C15H21N3O3/c16-7-6-14(19)17-12-4-3-5-13(10-12)21-11-15(20)18-8-1-2-9-18/h3-5,10H,1-2,6-9,11,16H2,(H,17,19). The smallest absolute Gasteiger partial charge is 0.260 e. The predicted molar refractivity (Wildman–Crippen MR) is 80.1 cm³/mol. The molecule has 21 heavy (non-hydrogen) atoms. The molecule has 1 saturated heterocycles. The van der Waals surface area contributed by atoms with Gasteiger partial charge in [-0.15, -0.1) is 0 Å². The van der Waals surface area contributed by atoms with Gasteiger partial charge in [0.1, 0.15) is 5.75 Å². The first-order valence-corrected chi connectivity index (χ1v) is 7.19. The molecule has 0 saturated carbocycles. The Kier molecular flexibility index (Phi) is 5.57. The molecular formula is C15H21N3O3. The van der Waals surface area contributed by atoms with Gasteiger partial charge in [0.2, 0.25) is 5.91 Å². The molecule has 0 unspecified atom stereocenters. The van der Waals surface area contributed by atoms with Gasteiger partial charge in [0.05, 0.1) is 0 Å². The number of amides is 2. The van der Waals surface area contributed by atoms with Gasteiger partial charge in [-0.25, -0.2) is 0 Å². The van der Waals surface area contributed by atoms with Crippen LogP contribution < -0.4 is 15.8 Å². The van der Waals surface area contributed by atoms with E-state index in [0.717, 1.165) is 25.9 Å². The summed E-state index contributed by atoms with van der Waals surface area (Å²) < 4.78 is 5.50. The third-order valence-corrected chi connectivity index (χ3v) is 3.31. The molecule has 0 spiro atoms. The first kappa shape index (κ1) is 15.3. The number of likely N-dealkylation sites (tertiary alicyclic amines) is 1. The molecule has 0 bridgehead atoms. The number of rotatable bonds is 6. The second-order valence-electron chi connectivity index (χ2n) is 4.99. The number of ether oxygens (including phenoxy) is 1. The summed E-state index contributed by atoms with van der Waals surface area (Å²) in [5.74, 6) is 0.431. The average Bonchev–Trinajstić information content (AvgIpc) is 2.99. The van der Waals surface area contributed by atoms with Gasteiger partial charge in [0.25, 0.3) is 5.91 Å². The molecule has 0 aromatic heterocycles. The topological polar surface area (TPSA) is 84.7 Å². The van der Waals surface area contributed by atoms with Crippen molar-refractivity contribution in [3.05, 3.63) is 24.3 Å². The van der Waals surface area contributed by atoms with Crippen molar-refractivity contribution in [3.63, 3.8) is 0 Å². The van der Waals surface area contributed by atoms with E-state index in [1.807, 2.05) is 4.90 Å². The van der Waals surface area contributed by atoms with Gasteiger partial charge in [0.15, 0.2) is 6.61 Å². The van der Waals surface area contributed by atoms with Gasteiger partial charge in [-0.2, -0.15) is 0 Å². The maximum absolute atomic E-state index is 11.9. The van der Waals surface area contributed by atoms with Crippen LogP contribution in [0.3, 0.4) is 0 Å². The monoisotopic (exact) mass is 291 g/mol. The Morgan fingerprint density at radius 1 is 1.29 bits per heavy atom. The van der Waals surface area contributed by atoms with E-state index in [1.54, 1.807) is 24.3 Å². The number of benzene rings is 1. The van der Waals surface area contributed by atoms with E-state index in [1.165, 1.54) is 0 Å². The number of carbonyl (C=O) groups is 2. The Labute approximate surface area is 124 Å². The summed E-state index contributed by atoms with van der Waals surface area (Å²) in [5.41, 5.74) is 5.96. The van der Waals surface area contributed by atoms with Crippen LogP contribution in [0, 0.1) is 0 Å². The van der Waals surface area contributed by atoms with Gasteiger partial charge in [0, 0.05) is 37.8 Å². The Bertz CT molecular complexity index is 499. The van der Waals surface area contributed by atoms with Crippen LogP contribution in [0.2, 0.25) is 0 Å². The van der Waals surface area contributed by atoms with Gasteiger partial charge in [-0.1, -0.05) is 6.07 Å².